The van der Waals surface area contributed by atoms with E-state index in [1.54, 1.807) is 0 Å². The van der Waals surface area contributed by atoms with E-state index in [1.807, 2.05) is 0 Å². The molecule has 0 radical (unpaired) electrons. The number of aliphatic hydroxyl groups excluding tert-OH is 9. The molecule has 1 aliphatic carbocycles. The number of carbonyl (C=O) groups excluding carboxylic acids is 1. The number of rotatable bonds is 7. The summed E-state index contributed by atoms with van der Waals surface area (Å²) in [6.07, 6.45) is -7.74. The number of hydrogen-bond donors (Lipinski definition) is 10. The largest absolute Gasteiger partial charge is 0.396 e. The van der Waals surface area contributed by atoms with Crippen LogP contribution in [0.15, 0.2) is 0 Å². The molecule has 11 heteroatoms. The Bertz CT molecular complexity index is 379. The maximum Gasteiger partial charge on any atom is 0.189 e. The topological polar surface area (TPSA) is 219 Å². The maximum atomic E-state index is 10.5. The quantitative estimate of drug-likeness (QED) is 0.206. The van der Waals surface area contributed by atoms with Gasteiger partial charge < -0.3 is 51.1 Å². The van der Waals surface area contributed by atoms with Gasteiger partial charge in [0.1, 0.15) is 36.6 Å². The molecule has 1 saturated carbocycles. The van der Waals surface area contributed by atoms with Crippen LogP contribution in [0.2, 0.25) is 0 Å². The second-order valence-corrected chi connectivity index (χ2v) is 5.65. The zero-order chi connectivity index (χ0) is 19.1. The van der Waals surface area contributed by atoms with Gasteiger partial charge in [0.15, 0.2) is 5.78 Å². The molecular weight excluding hydrogens is 332 g/mol. The molecule has 0 aliphatic heterocycles. The standard InChI is InChI=1S/C7H14O5.C6H12O6/c8-2-4-1-7(12,3-9)6(11)5(4)10;7-1-3(9)5(11)6(12)4(10)2-8/h4-6,8-12H,1-3H2;3,5-9,11-12H,1-2H2/t4-,5+,6?,7-;/m1./s1. The fourth-order valence-electron chi connectivity index (χ4n) is 2.20. The summed E-state index contributed by atoms with van der Waals surface area (Å²) >= 11 is 0. The maximum absolute atomic E-state index is 10.5. The minimum Gasteiger partial charge on any atom is -0.396 e. The van der Waals surface area contributed by atoms with Gasteiger partial charge in [-0.25, -0.2) is 0 Å². The SMILES string of the molecule is O=C(CO)C(O)C(O)C(O)CO.OC[C@H]1C[C@@](O)(CO)C(O)[C@H]1O. The molecule has 0 aromatic heterocycles. The molecule has 0 heterocycles. The molecule has 0 aromatic carbocycles. The van der Waals surface area contributed by atoms with Gasteiger partial charge in [-0.1, -0.05) is 0 Å². The summed E-state index contributed by atoms with van der Waals surface area (Å²) in [5, 5.41) is 88.5. The summed E-state index contributed by atoms with van der Waals surface area (Å²) in [7, 11) is 0. The van der Waals surface area contributed by atoms with Crippen LogP contribution in [0.4, 0.5) is 0 Å². The van der Waals surface area contributed by atoms with E-state index in [1.165, 1.54) is 0 Å². The Hall–Kier alpha value is -0.730. The van der Waals surface area contributed by atoms with Gasteiger partial charge in [-0.3, -0.25) is 4.79 Å². The summed E-state index contributed by atoms with van der Waals surface area (Å²) in [5.74, 6) is -1.56. The molecule has 1 fully saturated rings. The zero-order valence-corrected chi connectivity index (χ0v) is 12.9. The van der Waals surface area contributed by atoms with Crippen molar-refractivity contribution in [3.63, 3.8) is 0 Å². The summed E-state index contributed by atoms with van der Waals surface area (Å²) in [4.78, 5) is 10.5. The van der Waals surface area contributed by atoms with E-state index in [4.69, 9.17) is 35.7 Å². The van der Waals surface area contributed by atoms with E-state index in [2.05, 4.69) is 0 Å². The summed E-state index contributed by atoms with van der Waals surface area (Å²) in [5.41, 5.74) is -1.66. The highest BCUT2D eigenvalue weighted by atomic mass is 16.4. The van der Waals surface area contributed by atoms with E-state index in [0.29, 0.717) is 0 Å². The lowest BCUT2D eigenvalue weighted by Crippen LogP contribution is -2.45. The van der Waals surface area contributed by atoms with Gasteiger partial charge in [0.05, 0.1) is 19.3 Å². The van der Waals surface area contributed by atoms with Crippen LogP contribution in [0.25, 0.3) is 0 Å². The van der Waals surface area contributed by atoms with Crippen LogP contribution in [0.5, 0.6) is 0 Å². The first-order chi connectivity index (χ1) is 11.1. The van der Waals surface area contributed by atoms with E-state index >= 15 is 0 Å². The first-order valence-corrected chi connectivity index (χ1v) is 7.18. The molecule has 0 amide bonds. The Morgan fingerprint density at radius 3 is 1.92 bits per heavy atom. The van der Waals surface area contributed by atoms with Crippen LogP contribution < -0.4 is 0 Å². The van der Waals surface area contributed by atoms with Gasteiger partial charge in [-0.2, -0.15) is 0 Å². The number of carbonyl (C=O) groups is 1. The van der Waals surface area contributed by atoms with E-state index in [9.17, 15) is 20.1 Å². The van der Waals surface area contributed by atoms with Crippen molar-refractivity contribution in [2.24, 2.45) is 5.92 Å². The molecule has 0 aromatic rings. The average Bonchev–Trinajstić information content (AvgIpc) is 2.83. The van der Waals surface area contributed by atoms with Crippen molar-refractivity contribution < 1.29 is 55.9 Å². The third-order valence-corrected chi connectivity index (χ3v) is 3.87. The molecule has 10 N–H and O–H groups in total. The highest BCUT2D eigenvalue weighted by molar-refractivity contribution is 5.84. The predicted octanol–water partition coefficient (Wildman–Crippen LogP) is -5.93. The molecule has 1 rings (SSSR count). The van der Waals surface area contributed by atoms with Crippen molar-refractivity contribution in [2.75, 3.05) is 26.4 Å². The second kappa shape index (κ2) is 10.3. The summed E-state index contributed by atoms with van der Waals surface area (Å²) in [6.45, 7) is -2.60. The molecule has 0 saturated heterocycles. The highest BCUT2D eigenvalue weighted by Gasteiger charge is 2.51. The number of aliphatic hydroxyl groups is 10. The van der Waals surface area contributed by atoms with Crippen LogP contribution in [0, 0.1) is 5.92 Å². The van der Waals surface area contributed by atoms with E-state index in [0.717, 1.165) is 0 Å². The van der Waals surface area contributed by atoms with Gasteiger partial charge in [0, 0.05) is 12.5 Å². The monoisotopic (exact) mass is 358 g/mol. The number of hydrogen-bond acceptors (Lipinski definition) is 11. The molecule has 4 unspecified atom stereocenters. The molecular formula is C13H26O11. The number of ketones is 1. The van der Waals surface area contributed by atoms with Gasteiger partial charge in [-0.15, -0.1) is 0 Å². The molecule has 1 aliphatic rings. The summed E-state index contributed by atoms with van der Waals surface area (Å²) in [6, 6.07) is 0. The van der Waals surface area contributed by atoms with Gasteiger partial charge in [-0.05, 0) is 6.42 Å². The lowest BCUT2D eigenvalue weighted by Gasteiger charge is -2.24. The van der Waals surface area contributed by atoms with Crippen LogP contribution in [-0.2, 0) is 4.79 Å². The molecule has 144 valence electrons. The number of Topliss-reactive ketones (excluding diaryl/α,β-unsaturated/α-hetero) is 1. The van der Waals surface area contributed by atoms with Gasteiger partial charge >= 0.3 is 0 Å². The Balaban J connectivity index is 0.000000441. The fraction of sp³-hybridized carbons (Fsp3) is 0.923. The van der Waals surface area contributed by atoms with Gasteiger partial charge in [0.25, 0.3) is 0 Å². The van der Waals surface area contributed by atoms with Crippen LogP contribution in [0.1, 0.15) is 6.42 Å². The smallest absolute Gasteiger partial charge is 0.189 e. The third kappa shape index (κ3) is 5.67. The Kier molecular flexibility index (Phi) is 9.99. The molecule has 11 nitrogen and oxygen atoms in total. The van der Waals surface area contributed by atoms with E-state index in [-0.39, 0.29) is 13.0 Å². The summed E-state index contributed by atoms with van der Waals surface area (Å²) < 4.78 is 0. The minimum atomic E-state index is -1.86. The highest BCUT2D eigenvalue weighted by Crippen LogP contribution is 2.34. The normalized spacial score (nSPS) is 33.3. The predicted molar refractivity (Wildman–Crippen MR) is 76.4 cm³/mol. The Morgan fingerprint density at radius 2 is 1.62 bits per heavy atom. The fourth-order valence-corrected chi connectivity index (χ4v) is 2.20. The molecule has 0 spiro atoms. The van der Waals surface area contributed by atoms with E-state index < -0.39 is 67.6 Å². The van der Waals surface area contributed by atoms with Crippen LogP contribution in [0.3, 0.4) is 0 Å². The first kappa shape index (κ1) is 23.3. The van der Waals surface area contributed by atoms with Crippen LogP contribution in [-0.4, -0.2) is 119 Å². The van der Waals surface area contributed by atoms with Crippen molar-refractivity contribution in [1.82, 2.24) is 0 Å². The van der Waals surface area contributed by atoms with Gasteiger partial charge in [0.2, 0.25) is 0 Å². The van der Waals surface area contributed by atoms with Crippen molar-refractivity contribution in [3.8, 4) is 0 Å². The molecule has 0 bridgehead atoms. The second-order valence-electron chi connectivity index (χ2n) is 5.65. The lowest BCUT2D eigenvalue weighted by molar-refractivity contribution is -0.142. The Morgan fingerprint density at radius 1 is 1.08 bits per heavy atom. The van der Waals surface area contributed by atoms with Crippen molar-refractivity contribution >= 4 is 5.78 Å². The first-order valence-electron chi connectivity index (χ1n) is 7.18. The Labute approximate surface area is 137 Å². The average molecular weight is 358 g/mol. The van der Waals surface area contributed by atoms with Crippen molar-refractivity contribution in [2.45, 2.75) is 42.5 Å². The minimum absolute atomic E-state index is 0.0162. The lowest BCUT2D eigenvalue weighted by atomic mass is 10.0. The molecule has 7 atom stereocenters. The van der Waals surface area contributed by atoms with Crippen molar-refractivity contribution in [3.05, 3.63) is 0 Å². The molecule has 24 heavy (non-hydrogen) atoms. The zero-order valence-electron chi connectivity index (χ0n) is 12.9. The third-order valence-electron chi connectivity index (χ3n) is 3.87. The van der Waals surface area contributed by atoms with Crippen LogP contribution >= 0.6 is 0 Å². The van der Waals surface area contributed by atoms with Crippen molar-refractivity contribution in [1.29, 1.82) is 0 Å².